The number of aryl methyl sites for hydroxylation is 1. The third-order valence-electron chi connectivity index (χ3n) is 5.19. The van der Waals surface area contributed by atoms with Gasteiger partial charge in [-0.15, -0.1) is 0 Å². The molecule has 0 amide bonds. The van der Waals surface area contributed by atoms with E-state index in [1.807, 2.05) is 13.0 Å². The van der Waals surface area contributed by atoms with Crippen LogP contribution in [0.15, 0.2) is 18.2 Å². The van der Waals surface area contributed by atoms with E-state index in [0.717, 1.165) is 37.1 Å². The molecule has 0 spiro atoms. The van der Waals surface area contributed by atoms with Crippen LogP contribution >= 0.6 is 0 Å². The Morgan fingerprint density at radius 1 is 1.43 bits per heavy atom. The highest BCUT2D eigenvalue weighted by atomic mass is 19.1. The lowest BCUT2D eigenvalue weighted by Crippen LogP contribution is -2.62. The Kier molecular flexibility index (Phi) is 5.05. The highest BCUT2D eigenvalue weighted by molar-refractivity contribution is 5.26. The first-order valence-corrected chi connectivity index (χ1v) is 8.17. The van der Waals surface area contributed by atoms with Gasteiger partial charge < -0.3 is 5.32 Å². The SMILES string of the molecule is CCC1CNC(C)(CC)CN1C(C)c1ccc(C)c(F)c1. The molecule has 1 aromatic rings. The van der Waals surface area contributed by atoms with Gasteiger partial charge in [0.15, 0.2) is 0 Å². The molecule has 1 aliphatic heterocycles. The molecule has 2 rings (SSSR count). The Labute approximate surface area is 128 Å². The molecule has 1 fully saturated rings. The Morgan fingerprint density at radius 2 is 2.14 bits per heavy atom. The molecule has 1 heterocycles. The van der Waals surface area contributed by atoms with Gasteiger partial charge in [0.25, 0.3) is 0 Å². The second kappa shape index (κ2) is 6.45. The van der Waals surface area contributed by atoms with E-state index in [1.165, 1.54) is 0 Å². The van der Waals surface area contributed by atoms with E-state index >= 15 is 0 Å². The molecule has 2 nitrogen and oxygen atoms in total. The number of nitrogens with zero attached hydrogens (tertiary/aromatic N) is 1. The van der Waals surface area contributed by atoms with Gasteiger partial charge >= 0.3 is 0 Å². The molecule has 1 aliphatic rings. The maximum absolute atomic E-state index is 13.9. The summed E-state index contributed by atoms with van der Waals surface area (Å²) in [5.74, 6) is -0.0965. The van der Waals surface area contributed by atoms with E-state index < -0.39 is 0 Å². The van der Waals surface area contributed by atoms with Crippen LogP contribution in [0, 0.1) is 12.7 Å². The lowest BCUT2D eigenvalue weighted by atomic mass is 9.90. The van der Waals surface area contributed by atoms with Gasteiger partial charge in [-0.3, -0.25) is 4.90 Å². The Hall–Kier alpha value is -0.930. The normalized spacial score (nSPS) is 28.6. The van der Waals surface area contributed by atoms with Crippen molar-refractivity contribution < 1.29 is 4.39 Å². The van der Waals surface area contributed by atoms with Gasteiger partial charge in [0.05, 0.1) is 0 Å². The van der Waals surface area contributed by atoms with Crippen molar-refractivity contribution >= 4 is 0 Å². The molecule has 0 bridgehead atoms. The second-order valence-corrected chi connectivity index (χ2v) is 6.71. The summed E-state index contributed by atoms with van der Waals surface area (Å²) in [7, 11) is 0. The van der Waals surface area contributed by atoms with Crippen molar-refractivity contribution in [2.75, 3.05) is 13.1 Å². The minimum absolute atomic E-state index is 0.0965. The molecule has 0 aromatic heterocycles. The van der Waals surface area contributed by atoms with Crippen LogP contribution in [-0.4, -0.2) is 29.6 Å². The zero-order chi connectivity index (χ0) is 15.6. The molecule has 3 unspecified atom stereocenters. The minimum atomic E-state index is -0.0965. The molecule has 3 atom stereocenters. The van der Waals surface area contributed by atoms with Gasteiger partial charge in [-0.1, -0.05) is 26.0 Å². The first-order chi connectivity index (χ1) is 9.90. The van der Waals surface area contributed by atoms with Gasteiger partial charge in [0, 0.05) is 30.7 Å². The zero-order valence-electron chi connectivity index (χ0n) is 14.0. The summed E-state index contributed by atoms with van der Waals surface area (Å²) in [6.07, 6.45) is 2.22. The number of hydrogen-bond acceptors (Lipinski definition) is 2. The van der Waals surface area contributed by atoms with Gasteiger partial charge in [-0.2, -0.15) is 0 Å². The number of piperazine rings is 1. The standard InChI is InChI=1S/C18H29FN2/c1-6-16-11-20-18(5,7-2)12-21(16)14(4)15-9-8-13(3)17(19)10-15/h8-10,14,16,20H,6-7,11-12H2,1-5H3. The van der Waals surface area contributed by atoms with Crippen molar-refractivity contribution in [2.24, 2.45) is 0 Å². The third-order valence-corrected chi connectivity index (χ3v) is 5.19. The van der Waals surface area contributed by atoms with Gasteiger partial charge in [-0.25, -0.2) is 4.39 Å². The predicted molar refractivity (Wildman–Crippen MR) is 87.0 cm³/mol. The molecular formula is C18H29FN2. The second-order valence-electron chi connectivity index (χ2n) is 6.71. The van der Waals surface area contributed by atoms with Crippen LogP contribution in [0.1, 0.15) is 57.7 Å². The first kappa shape index (κ1) is 16.4. The monoisotopic (exact) mass is 292 g/mol. The van der Waals surface area contributed by atoms with E-state index in [-0.39, 0.29) is 17.4 Å². The molecule has 3 heteroatoms. The van der Waals surface area contributed by atoms with E-state index in [0.29, 0.717) is 6.04 Å². The van der Waals surface area contributed by atoms with Crippen molar-refractivity contribution in [1.82, 2.24) is 10.2 Å². The van der Waals surface area contributed by atoms with E-state index in [4.69, 9.17) is 0 Å². The van der Waals surface area contributed by atoms with Crippen LogP contribution in [0.4, 0.5) is 4.39 Å². The van der Waals surface area contributed by atoms with Crippen molar-refractivity contribution in [2.45, 2.75) is 65.1 Å². The van der Waals surface area contributed by atoms with Crippen LogP contribution in [0.3, 0.4) is 0 Å². The molecule has 0 radical (unpaired) electrons. The Balaban J connectivity index is 2.24. The predicted octanol–water partition coefficient (Wildman–Crippen LogP) is 4.05. The number of rotatable bonds is 4. The quantitative estimate of drug-likeness (QED) is 0.900. The topological polar surface area (TPSA) is 15.3 Å². The van der Waals surface area contributed by atoms with Crippen molar-refractivity contribution in [3.8, 4) is 0 Å². The highest BCUT2D eigenvalue weighted by Gasteiger charge is 2.36. The summed E-state index contributed by atoms with van der Waals surface area (Å²) in [5.41, 5.74) is 1.96. The first-order valence-electron chi connectivity index (χ1n) is 8.17. The largest absolute Gasteiger partial charge is 0.309 e. The summed E-state index contributed by atoms with van der Waals surface area (Å²) in [4.78, 5) is 2.55. The molecule has 0 aliphatic carbocycles. The van der Waals surface area contributed by atoms with Gasteiger partial charge in [-0.05, 0) is 50.8 Å². The maximum Gasteiger partial charge on any atom is 0.126 e. The third kappa shape index (κ3) is 3.46. The fourth-order valence-electron chi connectivity index (χ4n) is 3.20. The van der Waals surface area contributed by atoms with Crippen LogP contribution in [0.5, 0.6) is 0 Å². The Bertz CT molecular complexity index is 488. The fourth-order valence-corrected chi connectivity index (χ4v) is 3.20. The molecule has 0 saturated carbocycles. The van der Waals surface area contributed by atoms with Crippen LogP contribution in [0.2, 0.25) is 0 Å². The average molecular weight is 292 g/mol. The van der Waals surface area contributed by atoms with Crippen LogP contribution < -0.4 is 5.32 Å². The summed E-state index contributed by atoms with van der Waals surface area (Å²) < 4.78 is 13.9. The van der Waals surface area contributed by atoms with E-state index in [9.17, 15) is 4.39 Å². The molecule has 1 aromatic carbocycles. The summed E-state index contributed by atoms with van der Waals surface area (Å²) in [6.45, 7) is 12.8. The summed E-state index contributed by atoms with van der Waals surface area (Å²) in [5, 5.41) is 3.69. The van der Waals surface area contributed by atoms with E-state index in [1.54, 1.807) is 6.07 Å². The number of hydrogen-bond donors (Lipinski definition) is 1. The summed E-state index contributed by atoms with van der Waals surface area (Å²) in [6, 6.07) is 6.43. The summed E-state index contributed by atoms with van der Waals surface area (Å²) >= 11 is 0. The van der Waals surface area contributed by atoms with Gasteiger partial charge in [0.2, 0.25) is 0 Å². The molecule has 1 saturated heterocycles. The number of nitrogens with one attached hydrogen (secondary N) is 1. The number of benzene rings is 1. The zero-order valence-corrected chi connectivity index (χ0v) is 14.0. The molecule has 1 N–H and O–H groups in total. The van der Waals surface area contributed by atoms with Crippen molar-refractivity contribution in [3.63, 3.8) is 0 Å². The minimum Gasteiger partial charge on any atom is -0.309 e. The molecule has 21 heavy (non-hydrogen) atoms. The lowest BCUT2D eigenvalue weighted by molar-refractivity contribution is 0.0493. The van der Waals surface area contributed by atoms with E-state index in [2.05, 4.69) is 44.0 Å². The Morgan fingerprint density at radius 3 is 2.71 bits per heavy atom. The fraction of sp³-hybridized carbons (Fsp3) is 0.667. The van der Waals surface area contributed by atoms with Gasteiger partial charge in [0.1, 0.15) is 5.82 Å². The smallest absolute Gasteiger partial charge is 0.126 e. The van der Waals surface area contributed by atoms with Crippen LogP contribution in [0.25, 0.3) is 0 Å². The molecule has 118 valence electrons. The molecular weight excluding hydrogens is 263 g/mol. The van der Waals surface area contributed by atoms with Crippen LogP contribution in [-0.2, 0) is 0 Å². The average Bonchev–Trinajstić information content (AvgIpc) is 2.49. The maximum atomic E-state index is 13.9. The van der Waals surface area contributed by atoms with Crippen molar-refractivity contribution in [3.05, 3.63) is 35.1 Å². The number of halogens is 1. The highest BCUT2D eigenvalue weighted by Crippen LogP contribution is 2.30. The van der Waals surface area contributed by atoms with Crippen molar-refractivity contribution in [1.29, 1.82) is 0 Å². The lowest BCUT2D eigenvalue weighted by Gasteiger charge is -2.48.